The summed E-state index contributed by atoms with van der Waals surface area (Å²) in [5.74, 6) is 0. The van der Waals surface area contributed by atoms with Gasteiger partial charge in [-0.2, -0.15) is 0 Å². The second kappa shape index (κ2) is 7.42. The molecule has 1 aromatic rings. The first kappa shape index (κ1) is 13.2. The van der Waals surface area contributed by atoms with Crippen LogP contribution in [0.1, 0.15) is 44.7 Å². The Kier molecular flexibility index (Phi) is 6.12. The van der Waals surface area contributed by atoms with Crippen LogP contribution in [0.2, 0.25) is 0 Å². The third kappa shape index (κ3) is 4.77. The third-order valence-corrected chi connectivity index (χ3v) is 2.71. The van der Waals surface area contributed by atoms with E-state index in [0.29, 0.717) is 12.6 Å². The molecule has 1 rings (SSSR count). The smallest absolute Gasteiger partial charge is 0.0636 e. The van der Waals surface area contributed by atoms with Crippen LogP contribution in [0.15, 0.2) is 30.3 Å². The lowest BCUT2D eigenvalue weighted by Crippen LogP contribution is -2.28. The van der Waals surface area contributed by atoms with Crippen molar-refractivity contribution in [2.24, 2.45) is 0 Å². The Labute approximate surface area is 98.7 Å². The highest BCUT2D eigenvalue weighted by molar-refractivity contribution is 5.18. The molecule has 1 unspecified atom stereocenters. The Balaban J connectivity index is 2.56. The van der Waals surface area contributed by atoms with Crippen LogP contribution < -0.4 is 5.32 Å². The standard InChI is InChI=1S/C14H23NO/c1-3-4-10-14(15-11-12(2)16)13-8-6-5-7-9-13/h5-9,12,14-16H,3-4,10-11H2,1-2H3/t12-,14?/m1/s1. The first-order valence-electron chi connectivity index (χ1n) is 6.20. The SMILES string of the molecule is CCCCC(NC[C@@H](C)O)c1ccccc1. The van der Waals surface area contributed by atoms with Gasteiger partial charge in [0.15, 0.2) is 0 Å². The van der Waals surface area contributed by atoms with Crippen molar-refractivity contribution in [3.8, 4) is 0 Å². The van der Waals surface area contributed by atoms with Crippen LogP contribution in [0, 0.1) is 0 Å². The Bertz CT molecular complexity index is 271. The summed E-state index contributed by atoms with van der Waals surface area (Å²) in [5, 5.41) is 12.7. The van der Waals surface area contributed by atoms with E-state index in [0.717, 1.165) is 6.42 Å². The monoisotopic (exact) mass is 221 g/mol. The summed E-state index contributed by atoms with van der Waals surface area (Å²) in [6, 6.07) is 10.8. The maximum atomic E-state index is 9.31. The van der Waals surface area contributed by atoms with Crippen molar-refractivity contribution in [1.29, 1.82) is 0 Å². The van der Waals surface area contributed by atoms with Gasteiger partial charge in [0.1, 0.15) is 0 Å². The van der Waals surface area contributed by atoms with Crippen LogP contribution in [0.3, 0.4) is 0 Å². The zero-order chi connectivity index (χ0) is 11.8. The highest BCUT2D eigenvalue weighted by Gasteiger charge is 2.10. The fraction of sp³-hybridized carbons (Fsp3) is 0.571. The van der Waals surface area contributed by atoms with Gasteiger partial charge in [-0.25, -0.2) is 0 Å². The van der Waals surface area contributed by atoms with Crippen LogP contribution in [0.25, 0.3) is 0 Å². The highest BCUT2D eigenvalue weighted by atomic mass is 16.3. The molecule has 90 valence electrons. The van der Waals surface area contributed by atoms with Crippen LogP contribution in [-0.4, -0.2) is 17.8 Å². The molecule has 16 heavy (non-hydrogen) atoms. The average Bonchev–Trinajstić information content (AvgIpc) is 2.30. The van der Waals surface area contributed by atoms with Gasteiger partial charge in [0, 0.05) is 12.6 Å². The normalized spacial score (nSPS) is 14.7. The van der Waals surface area contributed by atoms with E-state index >= 15 is 0 Å². The van der Waals surface area contributed by atoms with Crippen molar-refractivity contribution in [3.63, 3.8) is 0 Å². The summed E-state index contributed by atoms with van der Waals surface area (Å²) in [4.78, 5) is 0. The van der Waals surface area contributed by atoms with E-state index in [-0.39, 0.29) is 6.10 Å². The molecule has 0 aromatic heterocycles. The Morgan fingerprint density at radius 1 is 1.25 bits per heavy atom. The molecule has 2 atom stereocenters. The fourth-order valence-corrected chi connectivity index (χ4v) is 1.79. The van der Waals surface area contributed by atoms with E-state index in [9.17, 15) is 5.11 Å². The maximum absolute atomic E-state index is 9.31. The molecule has 0 bridgehead atoms. The van der Waals surface area contributed by atoms with Crippen molar-refractivity contribution in [1.82, 2.24) is 5.32 Å². The molecule has 0 aliphatic carbocycles. The van der Waals surface area contributed by atoms with Crippen LogP contribution in [-0.2, 0) is 0 Å². The molecule has 2 nitrogen and oxygen atoms in total. The van der Waals surface area contributed by atoms with Gasteiger partial charge in [-0.3, -0.25) is 0 Å². The van der Waals surface area contributed by atoms with Crippen molar-refractivity contribution < 1.29 is 5.11 Å². The molecule has 0 heterocycles. The second-order valence-electron chi connectivity index (χ2n) is 4.36. The van der Waals surface area contributed by atoms with Gasteiger partial charge in [-0.1, -0.05) is 50.1 Å². The third-order valence-electron chi connectivity index (χ3n) is 2.71. The Morgan fingerprint density at radius 3 is 2.50 bits per heavy atom. The van der Waals surface area contributed by atoms with Gasteiger partial charge < -0.3 is 10.4 Å². The lowest BCUT2D eigenvalue weighted by atomic mass is 10.0. The molecule has 2 N–H and O–H groups in total. The molecule has 0 spiro atoms. The minimum atomic E-state index is -0.284. The first-order chi connectivity index (χ1) is 7.74. The van der Waals surface area contributed by atoms with Crippen molar-refractivity contribution in [3.05, 3.63) is 35.9 Å². The maximum Gasteiger partial charge on any atom is 0.0636 e. The summed E-state index contributed by atoms with van der Waals surface area (Å²) in [7, 11) is 0. The molecule has 0 saturated heterocycles. The number of benzene rings is 1. The van der Waals surface area contributed by atoms with Crippen molar-refractivity contribution in [2.75, 3.05) is 6.54 Å². The number of aliphatic hydroxyl groups is 1. The summed E-state index contributed by atoms with van der Waals surface area (Å²) in [5.41, 5.74) is 1.32. The fourth-order valence-electron chi connectivity index (χ4n) is 1.79. The zero-order valence-electron chi connectivity index (χ0n) is 10.3. The predicted octanol–water partition coefficient (Wildman–Crippen LogP) is 2.89. The van der Waals surface area contributed by atoms with E-state index in [1.54, 1.807) is 0 Å². The number of hydrogen-bond donors (Lipinski definition) is 2. The number of unbranched alkanes of at least 4 members (excludes halogenated alkanes) is 1. The molecular weight excluding hydrogens is 198 g/mol. The zero-order valence-corrected chi connectivity index (χ0v) is 10.3. The number of rotatable bonds is 7. The van der Waals surface area contributed by atoms with Gasteiger partial charge in [-0.15, -0.1) is 0 Å². The van der Waals surface area contributed by atoms with E-state index in [1.165, 1.54) is 18.4 Å². The quantitative estimate of drug-likeness (QED) is 0.742. The lowest BCUT2D eigenvalue weighted by Gasteiger charge is -2.20. The topological polar surface area (TPSA) is 32.3 Å². The first-order valence-corrected chi connectivity index (χ1v) is 6.20. The minimum absolute atomic E-state index is 0.284. The number of aliphatic hydroxyl groups excluding tert-OH is 1. The van der Waals surface area contributed by atoms with Crippen LogP contribution in [0.5, 0.6) is 0 Å². The molecule has 0 aliphatic heterocycles. The molecule has 0 aliphatic rings. The van der Waals surface area contributed by atoms with E-state index < -0.39 is 0 Å². The average molecular weight is 221 g/mol. The summed E-state index contributed by atoms with van der Waals surface area (Å²) in [6.45, 7) is 4.68. The molecule has 0 amide bonds. The minimum Gasteiger partial charge on any atom is -0.392 e. The van der Waals surface area contributed by atoms with E-state index in [2.05, 4.69) is 36.5 Å². The molecular formula is C14H23NO. The predicted molar refractivity (Wildman–Crippen MR) is 68.4 cm³/mol. The summed E-state index contributed by atoms with van der Waals surface area (Å²) >= 11 is 0. The summed E-state index contributed by atoms with van der Waals surface area (Å²) < 4.78 is 0. The Morgan fingerprint density at radius 2 is 1.94 bits per heavy atom. The van der Waals surface area contributed by atoms with Gasteiger partial charge in [0.2, 0.25) is 0 Å². The summed E-state index contributed by atoms with van der Waals surface area (Å²) in [6.07, 6.45) is 3.27. The van der Waals surface area contributed by atoms with E-state index in [4.69, 9.17) is 0 Å². The van der Waals surface area contributed by atoms with Crippen LogP contribution >= 0.6 is 0 Å². The van der Waals surface area contributed by atoms with Crippen molar-refractivity contribution >= 4 is 0 Å². The Hall–Kier alpha value is -0.860. The molecule has 0 saturated carbocycles. The van der Waals surface area contributed by atoms with Crippen molar-refractivity contribution in [2.45, 2.75) is 45.3 Å². The van der Waals surface area contributed by atoms with Crippen LogP contribution in [0.4, 0.5) is 0 Å². The molecule has 0 fully saturated rings. The van der Waals surface area contributed by atoms with Gasteiger partial charge in [-0.05, 0) is 18.9 Å². The molecule has 0 radical (unpaired) electrons. The number of hydrogen-bond acceptors (Lipinski definition) is 2. The molecule has 1 aromatic carbocycles. The largest absolute Gasteiger partial charge is 0.392 e. The van der Waals surface area contributed by atoms with E-state index in [1.807, 2.05) is 13.0 Å². The highest BCUT2D eigenvalue weighted by Crippen LogP contribution is 2.18. The van der Waals surface area contributed by atoms with Gasteiger partial charge >= 0.3 is 0 Å². The lowest BCUT2D eigenvalue weighted by molar-refractivity contribution is 0.185. The van der Waals surface area contributed by atoms with Gasteiger partial charge in [0.05, 0.1) is 6.10 Å². The second-order valence-corrected chi connectivity index (χ2v) is 4.36. The number of nitrogens with one attached hydrogen (secondary N) is 1. The van der Waals surface area contributed by atoms with Gasteiger partial charge in [0.25, 0.3) is 0 Å². The molecule has 2 heteroatoms.